The number of carbonyl (C=O) groups is 2. The second-order valence-corrected chi connectivity index (χ2v) is 4.93. The Balaban J connectivity index is 2.75. The fourth-order valence-electron chi connectivity index (χ4n) is 1.80. The lowest BCUT2D eigenvalue weighted by atomic mass is 10.0. The largest absolute Gasteiger partial charge is 0.479 e. The quantitative estimate of drug-likeness (QED) is 0.722. The number of rotatable bonds is 6. The van der Waals surface area contributed by atoms with Gasteiger partial charge in [0.1, 0.15) is 0 Å². The summed E-state index contributed by atoms with van der Waals surface area (Å²) in [6.45, 7) is 3.91. The average Bonchev–Trinajstić information content (AvgIpc) is 2.35. The van der Waals surface area contributed by atoms with E-state index in [1.165, 1.54) is 0 Å². The number of amides is 1. The molecule has 1 amide bonds. The zero-order chi connectivity index (χ0) is 14.4. The fourth-order valence-corrected chi connectivity index (χ4v) is 1.80. The van der Waals surface area contributed by atoms with E-state index in [2.05, 4.69) is 5.32 Å². The van der Waals surface area contributed by atoms with E-state index in [0.29, 0.717) is 12.0 Å². The van der Waals surface area contributed by atoms with Crippen LogP contribution in [0.25, 0.3) is 0 Å². The van der Waals surface area contributed by atoms with Crippen LogP contribution in [0, 0.1) is 5.92 Å². The summed E-state index contributed by atoms with van der Waals surface area (Å²) in [5.41, 5.74) is 6.27. The zero-order valence-electron chi connectivity index (χ0n) is 11.2. The highest BCUT2D eigenvalue weighted by Crippen LogP contribution is 2.13. The number of carboxylic acids is 1. The Labute approximate surface area is 112 Å². The van der Waals surface area contributed by atoms with Crippen molar-refractivity contribution in [2.45, 2.75) is 32.4 Å². The molecule has 0 aliphatic carbocycles. The highest BCUT2D eigenvalue weighted by atomic mass is 16.4. The first-order chi connectivity index (χ1) is 8.91. The fraction of sp³-hybridized carbons (Fsp3) is 0.429. The minimum atomic E-state index is -1.10. The van der Waals surface area contributed by atoms with Gasteiger partial charge in [0.05, 0.1) is 6.04 Å². The molecule has 1 aromatic carbocycles. The van der Waals surface area contributed by atoms with Gasteiger partial charge in [0.15, 0.2) is 6.04 Å². The van der Waals surface area contributed by atoms with Crippen molar-refractivity contribution in [2.24, 2.45) is 11.7 Å². The molecular formula is C14H20N2O3. The topological polar surface area (TPSA) is 92.4 Å². The zero-order valence-corrected chi connectivity index (χ0v) is 11.2. The summed E-state index contributed by atoms with van der Waals surface area (Å²) in [6.07, 6.45) is 0.521. The van der Waals surface area contributed by atoms with E-state index < -0.39 is 24.0 Å². The van der Waals surface area contributed by atoms with Gasteiger partial charge in [-0.3, -0.25) is 4.79 Å². The first-order valence-corrected chi connectivity index (χ1v) is 6.25. The van der Waals surface area contributed by atoms with Crippen molar-refractivity contribution < 1.29 is 14.7 Å². The number of benzene rings is 1. The van der Waals surface area contributed by atoms with Gasteiger partial charge < -0.3 is 16.2 Å². The van der Waals surface area contributed by atoms with Crippen LogP contribution in [-0.4, -0.2) is 23.0 Å². The molecule has 1 aromatic rings. The Morgan fingerprint density at radius 1 is 1.26 bits per heavy atom. The van der Waals surface area contributed by atoms with Crippen molar-refractivity contribution in [1.82, 2.24) is 5.32 Å². The molecule has 19 heavy (non-hydrogen) atoms. The van der Waals surface area contributed by atoms with Gasteiger partial charge in [-0.2, -0.15) is 0 Å². The Hall–Kier alpha value is -1.88. The molecule has 0 heterocycles. The Bertz CT molecular complexity index is 432. The van der Waals surface area contributed by atoms with Crippen LogP contribution in [0.2, 0.25) is 0 Å². The summed E-state index contributed by atoms with van der Waals surface area (Å²) < 4.78 is 0. The molecule has 0 aliphatic rings. The maximum atomic E-state index is 11.9. The van der Waals surface area contributed by atoms with Crippen LogP contribution in [-0.2, 0) is 9.59 Å². The second-order valence-electron chi connectivity index (χ2n) is 4.93. The molecule has 4 N–H and O–H groups in total. The molecule has 0 radical (unpaired) electrons. The number of aliphatic carboxylic acids is 1. The van der Waals surface area contributed by atoms with Gasteiger partial charge in [-0.15, -0.1) is 0 Å². The highest BCUT2D eigenvalue weighted by Gasteiger charge is 2.24. The predicted octanol–water partition coefficient (Wildman–Crippen LogP) is 1.30. The smallest absolute Gasteiger partial charge is 0.330 e. The summed E-state index contributed by atoms with van der Waals surface area (Å²) in [4.78, 5) is 23.1. The van der Waals surface area contributed by atoms with E-state index in [0.717, 1.165) is 0 Å². The molecule has 0 unspecified atom stereocenters. The predicted molar refractivity (Wildman–Crippen MR) is 72.4 cm³/mol. The molecule has 1 rings (SSSR count). The summed E-state index contributed by atoms with van der Waals surface area (Å²) >= 11 is 0. The van der Waals surface area contributed by atoms with Crippen LogP contribution in [0.1, 0.15) is 31.9 Å². The Morgan fingerprint density at radius 2 is 1.84 bits per heavy atom. The van der Waals surface area contributed by atoms with Gasteiger partial charge in [-0.25, -0.2) is 4.79 Å². The van der Waals surface area contributed by atoms with Gasteiger partial charge in [0, 0.05) is 0 Å². The molecule has 0 aromatic heterocycles. The van der Waals surface area contributed by atoms with Gasteiger partial charge in [0.25, 0.3) is 0 Å². The molecule has 0 saturated carbocycles. The van der Waals surface area contributed by atoms with Crippen LogP contribution < -0.4 is 11.1 Å². The molecule has 0 aliphatic heterocycles. The standard InChI is InChI=1S/C14H20N2O3/c1-9(2)8-11(15)13(17)16-12(14(18)19)10-6-4-3-5-7-10/h3-7,9,11-12H,8,15H2,1-2H3,(H,16,17)(H,18,19)/t11-,12-/m1/s1. The maximum absolute atomic E-state index is 11.9. The molecule has 5 heteroatoms. The van der Waals surface area contributed by atoms with Gasteiger partial charge >= 0.3 is 5.97 Å². The molecule has 104 valence electrons. The molecule has 2 atom stereocenters. The Morgan fingerprint density at radius 3 is 2.32 bits per heavy atom. The third-order valence-corrected chi connectivity index (χ3v) is 2.73. The van der Waals surface area contributed by atoms with E-state index in [9.17, 15) is 14.7 Å². The molecule has 0 fully saturated rings. The normalized spacial score (nSPS) is 13.9. The third-order valence-electron chi connectivity index (χ3n) is 2.73. The van der Waals surface area contributed by atoms with Crippen LogP contribution in [0.3, 0.4) is 0 Å². The van der Waals surface area contributed by atoms with Crippen molar-refractivity contribution in [3.05, 3.63) is 35.9 Å². The number of carbonyl (C=O) groups excluding carboxylic acids is 1. The average molecular weight is 264 g/mol. The first kappa shape index (κ1) is 15.2. The van der Waals surface area contributed by atoms with E-state index in [1.807, 2.05) is 13.8 Å². The van der Waals surface area contributed by atoms with E-state index in [1.54, 1.807) is 30.3 Å². The number of carboxylic acid groups (broad SMARTS) is 1. The van der Waals surface area contributed by atoms with Gasteiger partial charge in [0.2, 0.25) is 5.91 Å². The van der Waals surface area contributed by atoms with E-state index >= 15 is 0 Å². The highest BCUT2D eigenvalue weighted by molar-refractivity contribution is 5.87. The summed E-state index contributed by atoms with van der Waals surface area (Å²) in [5.74, 6) is -1.26. The molecular weight excluding hydrogens is 244 g/mol. The van der Waals surface area contributed by atoms with Crippen molar-refractivity contribution in [3.8, 4) is 0 Å². The number of hydrogen-bond donors (Lipinski definition) is 3. The lowest BCUT2D eigenvalue weighted by molar-refractivity contribution is -0.142. The molecule has 0 spiro atoms. The minimum Gasteiger partial charge on any atom is -0.479 e. The third kappa shape index (κ3) is 4.71. The summed E-state index contributed by atoms with van der Waals surface area (Å²) in [6, 6.07) is 6.81. The van der Waals surface area contributed by atoms with Crippen LogP contribution >= 0.6 is 0 Å². The SMILES string of the molecule is CC(C)C[C@@H](N)C(=O)N[C@@H](C(=O)O)c1ccccc1. The maximum Gasteiger partial charge on any atom is 0.330 e. The first-order valence-electron chi connectivity index (χ1n) is 6.25. The van der Waals surface area contributed by atoms with Crippen molar-refractivity contribution >= 4 is 11.9 Å². The minimum absolute atomic E-state index is 0.278. The van der Waals surface area contributed by atoms with Crippen LogP contribution in [0.5, 0.6) is 0 Å². The van der Waals surface area contributed by atoms with Crippen molar-refractivity contribution in [3.63, 3.8) is 0 Å². The molecule has 5 nitrogen and oxygen atoms in total. The van der Waals surface area contributed by atoms with Crippen molar-refractivity contribution in [1.29, 1.82) is 0 Å². The molecule has 0 saturated heterocycles. The second kappa shape index (κ2) is 6.89. The summed E-state index contributed by atoms with van der Waals surface area (Å²) in [5, 5.41) is 11.7. The van der Waals surface area contributed by atoms with E-state index in [4.69, 9.17) is 5.73 Å². The van der Waals surface area contributed by atoms with Gasteiger partial charge in [-0.05, 0) is 17.9 Å². The monoisotopic (exact) mass is 264 g/mol. The molecule has 0 bridgehead atoms. The van der Waals surface area contributed by atoms with Crippen LogP contribution in [0.15, 0.2) is 30.3 Å². The van der Waals surface area contributed by atoms with Crippen LogP contribution in [0.4, 0.5) is 0 Å². The lowest BCUT2D eigenvalue weighted by Crippen LogP contribution is -2.44. The lowest BCUT2D eigenvalue weighted by Gasteiger charge is -2.19. The van der Waals surface area contributed by atoms with E-state index in [-0.39, 0.29) is 5.92 Å². The number of nitrogens with two attached hydrogens (primary N) is 1. The summed E-state index contributed by atoms with van der Waals surface area (Å²) in [7, 11) is 0. The van der Waals surface area contributed by atoms with Crippen molar-refractivity contribution in [2.75, 3.05) is 0 Å². The van der Waals surface area contributed by atoms with Gasteiger partial charge in [-0.1, -0.05) is 44.2 Å². The number of hydrogen-bond acceptors (Lipinski definition) is 3. The Kier molecular flexibility index (Phi) is 5.51. The number of nitrogens with one attached hydrogen (secondary N) is 1.